The predicted molar refractivity (Wildman–Crippen MR) is 88.2 cm³/mol. The second kappa shape index (κ2) is 6.73. The van der Waals surface area contributed by atoms with Crippen LogP contribution in [0.1, 0.15) is 5.56 Å². The molecule has 7 heteroatoms. The molecule has 5 nitrogen and oxygen atoms in total. The summed E-state index contributed by atoms with van der Waals surface area (Å²) in [7, 11) is 1.55. The maximum atomic E-state index is 11.6. The van der Waals surface area contributed by atoms with Crippen molar-refractivity contribution in [3.63, 3.8) is 0 Å². The largest absolute Gasteiger partial charge is 0.493 e. The molecule has 0 spiro atoms. The molecule has 1 aliphatic rings. The Labute approximate surface area is 136 Å². The van der Waals surface area contributed by atoms with Gasteiger partial charge in [0.1, 0.15) is 12.3 Å². The number of hydrogen-bond donors (Lipinski definition) is 2. The van der Waals surface area contributed by atoms with Crippen molar-refractivity contribution in [3.05, 3.63) is 40.5 Å². The molecular formula is C14H13BrN2O3S. The van der Waals surface area contributed by atoms with Gasteiger partial charge in [0.2, 0.25) is 0 Å². The average Bonchev–Trinajstić information content (AvgIpc) is 2.75. The minimum atomic E-state index is -0.262. The third-order valence-electron chi connectivity index (χ3n) is 2.63. The summed E-state index contributed by atoms with van der Waals surface area (Å²) in [6.07, 6.45) is 3.33. The molecule has 1 aromatic carbocycles. The molecule has 1 fully saturated rings. The number of ether oxygens (including phenoxy) is 2. The van der Waals surface area contributed by atoms with Crippen LogP contribution in [0.4, 0.5) is 0 Å². The molecule has 0 aromatic heterocycles. The third-order valence-corrected chi connectivity index (χ3v) is 3.42. The summed E-state index contributed by atoms with van der Waals surface area (Å²) in [6, 6.07) is 3.59. The van der Waals surface area contributed by atoms with E-state index in [-0.39, 0.29) is 5.91 Å². The number of rotatable bonds is 5. The van der Waals surface area contributed by atoms with Gasteiger partial charge in [0.25, 0.3) is 5.91 Å². The van der Waals surface area contributed by atoms with Crippen molar-refractivity contribution >= 4 is 45.2 Å². The Bertz CT molecular complexity index is 643. The van der Waals surface area contributed by atoms with E-state index in [1.165, 1.54) is 0 Å². The van der Waals surface area contributed by atoms with E-state index in [2.05, 4.69) is 33.1 Å². The molecule has 0 atom stereocenters. The van der Waals surface area contributed by atoms with Crippen LogP contribution in [0, 0.1) is 0 Å². The molecule has 1 aromatic rings. The van der Waals surface area contributed by atoms with E-state index >= 15 is 0 Å². The zero-order valence-electron chi connectivity index (χ0n) is 11.2. The number of benzene rings is 1. The topological polar surface area (TPSA) is 59.6 Å². The number of carbonyl (C=O) groups is 1. The summed E-state index contributed by atoms with van der Waals surface area (Å²) >= 11 is 8.32. The molecule has 0 radical (unpaired) electrons. The zero-order chi connectivity index (χ0) is 15.4. The lowest BCUT2D eigenvalue weighted by atomic mass is 10.1. The normalized spacial score (nSPS) is 15.6. The van der Waals surface area contributed by atoms with Gasteiger partial charge in [0, 0.05) is 0 Å². The molecule has 0 aliphatic carbocycles. The number of methoxy groups -OCH3 is 1. The molecule has 0 bridgehead atoms. The van der Waals surface area contributed by atoms with Gasteiger partial charge in [-0.15, -0.1) is 0 Å². The van der Waals surface area contributed by atoms with Gasteiger partial charge in [0.05, 0.1) is 11.6 Å². The minimum absolute atomic E-state index is 0.262. The number of hydrogen-bond acceptors (Lipinski definition) is 4. The van der Waals surface area contributed by atoms with Crippen LogP contribution in [-0.2, 0) is 4.79 Å². The molecule has 1 amide bonds. The Morgan fingerprint density at radius 3 is 2.76 bits per heavy atom. The van der Waals surface area contributed by atoms with Gasteiger partial charge in [0.15, 0.2) is 16.6 Å². The van der Waals surface area contributed by atoms with Crippen molar-refractivity contribution in [2.75, 3.05) is 13.7 Å². The molecule has 110 valence electrons. The maximum Gasteiger partial charge on any atom is 0.273 e. The van der Waals surface area contributed by atoms with E-state index < -0.39 is 0 Å². The van der Waals surface area contributed by atoms with E-state index in [9.17, 15) is 4.79 Å². The summed E-state index contributed by atoms with van der Waals surface area (Å²) in [4.78, 5) is 11.6. The standard InChI is InChI=1S/C14H13BrN2O3S/c1-3-4-20-12-9(15)5-8(7-11(12)19-2)6-10-13(18)17-14(21)16-10/h3,5-7H,1,4H2,2H3,(H2,16,17,18,21). The Balaban J connectivity index is 2.36. The second-order valence-corrected chi connectivity index (χ2v) is 5.36. The number of halogens is 1. The van der Waals surface area contributed by atoms with E-state index in [0.717, 1.165) is 10.0 Å². The molecule has 1 heterocycles. The fourth-order valence-corrected chi connectivity index (χ4v) is 2.53. The number of carbonyl (C=O) groups excluding carboxylic acids is 1. The van der Waals surface area contributed by atoms with Gasteiger partial charge in [-0.3, -0.25) is 10.1 Å². The van der Waals surface area contributed by atoms with Crippen LogP contribution in [-0.4, -0.2) is 24.7 Å². The summed E-state index contributed by atoms with van der Waals surface area (Å²) in [5.74, 6) is 0.875. The summed E-state index contributed by atoms with van der Waals surface area (Å²) in [6.45, 7) is 3.98. The summed E-state index contributed by atoms with van der Waals surface area (Å²) in [5.41, 5.74) is 1.15. The highest BCUT2D eigenvalue weighted by Gasteiger charge is 2.20. The SMILES string of the molecule is C=CCOc1c(Br)cc(C=C2NC(=S)NC2=O)cc1OC. The Hall–Kier alpha value is -1.86. The maximum absolute atomic E-state index is 11.6. The van der Waals surface area contributed by atoms with Crippen molar-refractivity contribution in [1.29, 1.82) is 0 Å². The van der Waals surface area contributed by atoms with Gasteiger partial charge in [-0.05, 0) is 51.9 Å². The Morgan fingerprint density at radius 2 is 2.19 bits per heavy atom. The highest BCUT2D eigenvalue weighted by molar-refractivity contribution is 9.10. The van der Waals surface area contributed by atoms with Crippen molar-refractivity contribution in [1.82, 2.24) is 10.6 Å². The van der Waals surface area contributed by atoms with Crippen LogP contribution in [0.3, 0.4) is 0 Å². The van der Waals surface area contributed by atoms with Gasteiger partial charge in [-0.25, -0.2) is 0 Å². The van der Waals surface area contributed by atoms with E-state index in [1.807, 2.05) is 6.07 Å². The van der Waals surface area contributed by atoms with Crippen LogP contribution in [0.25, 0.3) is 6.08 Å². The Kier molecular flexibility index (Phi) is 4.98. The van der Waals surface area contributed by atoms with Gasteiger partial charge >= 0.3 is 0 Å². The summed E-state index contributed by atoms with van der Waals surface area (Å²) in [5, 5.41) is 5.59. The number of nitrogens with one attached hydrogen (secondary N) is 2. The third kappa shape index (κ3) is 3.62. The molecule has 1 saturated heterocycles. The first-order valence-electron chi connectivity index (χ1n) is 6.00. The van der Waals surface area contributed by atoms with E-state index in [4.69, 9.17) is 21.7 Å². The highest BCUT2D eigenvalue weighted by atomic mass is 79.9. The van der Waals surface area contributed by atoms with Crippen LogP contribution >= 0.6 is 28.1 Å². The monoisotopic (exact) mass is 368 g/mol. The first kappa shape index (κ1) is 15.5. The van der Waals surface area contributed by atoms with Crippen LogP contribution in [0.15, 0.2) is 35.0 Å². The zero-order valence-corrected chi connectivity index (χ0v) is 13.6. The average molecular weight is 369 g/mol. The molecule has 2 rings (SSSR count). The van der Waals surface area contributed by atoms with Gasteiger partial charge < -0.3 is 14.8 Å². The number of amides is 1. The van der Waals surface area contributed by atoms with E-state index in [1.54, 1.807) is 25.3 Å². The second-order valence-electron chi connectivity index (χ2n) is 4.10. The van der Waals surface area contributed by atoms with Crippen molar-refractivity contribution < 1.29 is 14.3 Å². The summed E-state index contributed by atoms with van der Waals surface area (Å²) < 4.78 is 11.6. The van der Waals surface area contributed by atoms with Crippen LogP contribution < -0.4 is 20.1 Å². The smallest absolute Gasteiger partial charge is 0.273 e. The van der Waals surface area contributed by atoms with E-state index in [0.29, 0.717) is 28.9 Å². The van der Waals surface area contributed by atoms with Crippen molar-refractivity contribution in [2.45, 2.75) is 0 Å². The fraction of sp³-hybridized carbons (Fsp3) is 0.143. The lowest BCUT2D eigenvalue weighted by molar-refractivity contribution is -0.115. The lowest BCUT2D eigenvalue weighted by Gasteiger charge is -2.12. The van der Waals surface area contributed by atoms with Gasteiger partial charge in [-0.2, -0.15) is 0 Å². The Morgan fingerprint density at radius 1 is 1.43 bits per heavy atom. The molecule has 0 unspecified atom stereocenters. The lowest BCUT2D eigenvalue weighted by Crippen LogP contribution is -2.21. The minimum Gasteiger partial charge on any atom is -0.493 e. The highest BCUT2D eigenvalue weighted by Crippen LogP contribution is 2.37. The number of thiocarbonyl (C=S) groups is 1. The van der Waals surface area contributed by atoms with Crippen LogP contribution in [0.5, 0.6) is 11.5 Å². The first-order valence-corrected chi connectivity index (χ1v) is 7.20. The molecular weight excluding hydrogens is 356 g/mol. The van der Waals surface area contributed by atoms with Crippen molar-refractivity contribution in [2.24, 2.45) is 0 Å². The molecule has 0 saturated carbocycles. The first-order chi connectivity index (χ1) is 10.0. The van der Waals surface area contributed by atoms with Gasteiger partial charge in [-0.1, -0.05) is 12.7 Å². The molecule has 21 heavy (non-hydrogen) atoms. The van der Waals surface area contributed by atoms with Crippen LogP contribution in [0.2, 0.25) is 0 Å². The molecule has 2 N–H and O–H groups in total. The quantitative estimate of drug-likeness (QED) is 0.474. The molecule has 1 aliphatic heterocycles. The predicted octanol–water partition coefficient (Wildman–Crippen LogP) is 2.37. The fourth-order valence-electron chi connectivity index (χ4n) is 1.75. The van der Waals surface area contributed by atoms with Crippen molar-refractivity contribution in [3.8, 4) is 11.5 Å².